The van der Waals surface area contributed by atoms with Gasteiger partial charge in [0, 0.05) is 6.04 Å². The number of halogens is 1. The molecule has 0 radical (unpaired) electrons. The summed E-state index contributed by atoms with van der Waals surface area (Å²) < 4.78 is 11.0. The standard InChI is InChI=1S/C4H8FN/c1-4(6)2-3-5/h2-4H,6H2,1H3. The summed E-state index contributed by atoms with van der Waals surface area (Å²) in [5.74, 6) is 0. The van der Waals surface area contributed by atoms with Crippen LogP contribution in [0, 0.1) is 0 Å². The normalized spacial score (nSPS) is 15.8. The molecule has 0 aromatic heterocycles. The van der Waals surface area contributed by atoms with Crippen molar-refractivity contribution in [2.45, 2.75) is 13.0 Å². The Bertz CT molecular complexity index is 49.5. The molecule has 2 N–H and O–H groups in total. The van der Waals surface area contributed by atoms with Gasteiger partial charge in [-0.05, 0) is 13.0 Å². The largest absolute Gasteiger partial charge is 0.325 e. The third-order valence-electron chi connectivity index (χ3n) is 0.376. The molecule has 6 heavy (non-hydrogen) atoms. The van der Waals surface area contributed by atoms with E-state index in [1.165, 1.54) is 6.08 Å². The predicted octanol–water partition coefficient (Wildman–Crippen LogP) is 0.817. The minimum Gasteiger partial charge on any atom is -0.325 e. The second-order valence-electron chi connectivity index (χ2n) is 1.18. The van der Waals surface area contributed by atoms with Crippen LogP contribution in [-0.2, 0) is 0 Å². The molecule has 0 aliphatic carbocycles. The van der Waals surface area contributed by atoms with E-state index in [-0.39, 0.29) is 6.04 Å². The van der Waals surface area contributed by atoms with Gasteiger partial charge in [0.05, 0.1) is 6.33 Å². The molecule has 0 saturated carbocycles. The molecule has 1 atom stereocenters. The Morgan fingerprint density at radius 2 is 2.33 bits per heavy atom. The summed E-state index contributed by atoms with van der Waals surface area (Å²) >= 11 is 0. The Labute approximate surface area is 36.6 Å². The second kappa shape index (κ2) is 2.85. The summed E-state index contributed by atoms with van der Waals surface area (Å²) in [6.45, 7) is 1.70. The molecular formula is C4H8FN. The summed E-state index contributed by atoms with van der Waals surface area (Å²) in [5.41, 5.74) is 5.08. The number of rotatable bonds is 1. The van der Waals surface area contributed by atoms with E-state index in [9.17, 15) is 4.39 Å². The van der Waals surface area contributed by atoms with Crippen LogP contribution in [0.2, 0.25) is 0 Å². The Balaban J connectivity index is 3.03. The van der Waals surface area contributed by atoms with Crippen molar-refractivity contribution in [3.63, 3.8) is 0 Å². The molecule has 0 amide bonds. The number of hydrogen-bond acceptors (Lipinski definition) is 1. The van der Waals surface area contributed by atoms with Gasteiger partial charge >= 0.3 is 0 Å². The van der Waals surface area contributed by atoms with Crippen LogP contribution < -0.4 is 5.73 Å². The highest BCUT2D eigenvalue weighted by molar-refractivity contribution is 4.81. The zero-order chi connectivity index (χ0) is 4.99. The molecule has 0 bridgehead atoms. The molecule has 0 spiro atoms. The minimum absolute atomic E-state index is 0.157. The van der Waals surface area contributed by atoms with Crippen LogP contribution in [0.15, 0.2) is 12.4 Å². The summed E-state index contributed by atoms with van der Waals surface area (Å²) in [7, 11) is 0. The lowest BCUT2D eigenvalue weighted by molar-refractivity contribution is 0.707. The van der Waals surface area contributed by atoms with Crippen molar-refractivity contribution in [3.8, 4) is 0 Å². The van der Waals surface area contributed by atoms with Crippen molar-refractivity contribution in [2.75, 3.05) is 0 Å². The summed E-state index contributed by atoms with van der Waals surface area (Å²) in [6, 6.07) is -0.157. The average molecular weight is 89.1 g/mol. The minimum atomic E-state index is -0.157. The number of hydrogen-bond donors (Lipinski definition) is 1. The van der Waals surface area contributed by atoms with Gasteiger partial charge in [-0.2, -0.15) is 0 Å². The molecule has 0 heterocycles. The Hall–Kier alpha value is -0.370. The van der Waals surface area contributed by atoms with E-state index >= 15 is 0 Å². The quantitative estimate of drug-likeness (QED) is 0.505. The van der Waals surface area contributed by atoms with Crippen LogP contribution in [0.5, 0.6) is 0 Å². The van der Waals surface area contributed by atoms with Gasteiger partial charge < -0.3 is 5.73 Å². The summed E-state index contributed by atoms with van der Waals surface area (Å²) in [4.78, 5) is 0. The maximum atomic E-state index is 11.0. The van der Waals surface area contributed by atoms with E-state index in [1.807, 2.05) is 0 Å². The van der Waals surface area contributed by atoms with E-state index in [2.05, 4.69) is 0 Å². The summed E-state index contributed by atoms with van der Waals surface area (Å²) in [5, 5.41) is 0. The fraction of sp³-hybridized carbons (Fsp3) is 0.500. The first-order valence-electron chi connectivity index (χ1n) is 1.80. The first-order valence-corrected chi connectivity index (χ1v) is 1.80. The van der Waals surface area contributed by atoms with Crippen molar-refractivity contribution in [1.82, 2.24) is 0 Å². The monoisotopic (exact) mass is 89.1 g/mol. The lowest BCUT2D eigenvalue weighted by Gasteiger charge is -1.86. The molecule has 0 aliphatic heterocycles. The molecular weight excluding hydrogens is 81.0 g/mol. The smallest absolute Gasteiger partial charge is 0.0842 e. The first kappa shape index (κ1) is 5.63. The lowest BCUT2D eigenvalue weighted by Crippen LogP contribution is -2.09. The van der Waals surface area contributed by atoms with E-state index in [1.54, 1.807) is 6.92 Å². The van der Waals surface area contributed by atoms with Crippen LogP contribution in [-0.4, -0.2) is 6.04 Å². The molecule has 0 saturated heterocycles. The molecule has 2 heteroatoms. The third kappa shape index (κ3) is 3.63. The highest BCUT2D eigenvalue weighted by Crippen LogP contribution is 1.76. The van der Waals surface area contributed by atoms with Gasteiger partial charge in [-0.1, -0.05) is 0 Å². The van der Waals surface area contributed by atoms with Crippen LogP contribution in [0.3, 0.4) is 0 Å². The SMILES string of the molecule is CC(N)C=CF. The second-order valence-corrected chi connectivity index (χ2v) is 1.18. The van der Waals surface area contributed by atoms with E-state index in [0.717, 1.165) is 0 Å². The predicted molar refractivity (Wildman–Crippen MR) is 23.9 cm³/mol. The van der Waals surface area contributed by atoms with E-state index in [0.29, 0.717) is 6.33 Å². The molecule has 0 aliphatic rings. The lowest BCUT2D eigenvalue weighted by atomic mass is 10.4. The number of nitrogens with two attached hydrogens (primary N) is 1. The molecule has 0 fully saturated rings. The van der Waals surface area contributed by atoms with E-state index in [4.69, 9.17) is 5.73 Å². The Morgan fingerprint density at radius 3 is 2.33 bits per heavy atom. The van der Waals surface area contributed by atoms with Crippen molar-refractivity contribution in [3.05, 3.63) is 12.4 Å². The van der Waals surface area contributed by atoms with E-state index < -0.39 is 0 Å². The molecule has 0 rings (SSSR count). The van der Waals surface area contributed by atoms with Crippen molar-refractivity contribution in [2.24, 2.45) is 5.73 Å². The maximum absolute atomic E-state index is 11.0. The third-order valence-corrected chi connectivity index (χ3v) is 0.376. The van der Waals surface area contributed by atoms with Gasteiger partial charge in [0.1, 0.15) is 0 Å². The molecule has 1 unspecified atom stereocenters. The van der Waals surface area contributed by atoms with Gasteiger partial charge in [0.25, 0.3) is 0 Å². The zero-order valence-electron chi connectivity index (χ0n) is 3.69. The molecule has 36 valence electrons. The average Bonchev–Trinajstić information content (AvgIpc) is 1.35. The summed E-state index contributed by atoms with van der Waals surface area (Å²) in [6.07, 6.45) is 1.73. The fourth-order valence-electron chi connectivity index (χ4n) is 0.115. The van der Waals surface area contributed by atoms with Gasteiger partial charge in [-0.25, -0.2) is 4.39 Å². The van der Waals surface area contributed by atoms with Crippen LogP contribution in [0.4, 0.5) is 4.39 Å². The van der Waals surface area contributed by atoms with Crippen LogP contribution in [0.25, 0.3) is 0 Å². The zero-order valence-corrected chi connectivity index (χ0v) is 3.69. The highest BCUT2D eigenvalue weighted by atomic mass is 19.1. The molecule has 0 aromatic rings. The Kier molecular flexibility index (Phi) is 2.67. The van der Waals surface area contributed by atoms with Gasteiger partial charge in [0.15, 0.2) is 0 Å². The van der Waals surface area contributed by atoms with Crippen LogP contribution >= 0.6 is 0 Å². The Morgan fingerprint density at radius 1 is 1.83 bits per heavy atom. The van der Waals surface area contributed by atoms with Gasteiger partial charge in [0.2, 0.25) is 0 Å². The molecule has 0 aromatic carbocycles. The maximum Gasteiger partial charge on any atom is 0.0842 e. The first-order chi connectivity index (χ1) is 2.77. The van der Waals surface area contributed by atoms with Crippen molar-refractivity contribution in [1.29, 1.82) is 0 Å². The van der Waals surface area contributed by atoms with Crippen molar-refractivity contribution < 1.29 is 4.39 Å². The topological polar surface area (TPSA) is 26.0 Å². The van der Waals surface area contributed by atoms with Crippen molar-refractivity contribution >= 4 is 0 Å². The fourth-order valence-corrected chi connectivity index (χ4v) is 0.115. The molecule has 1 nitrogen and oxygen atoms in total. The van der Waals surface area contributed by atoms with Crippen LogP contribution in [0.1, 0.15) is 6.92 Å². The van der Waals surface area contributed by atoms with Gasteiger partial charge in [-0.15, -0.1) is 0 Å². The highest BCUT2D eigenvalue weighted by Gasteiger charge is 1.77. The van der Waals surface area contributed by atoms with Gasteiger partial charge in [-0.3, -0.25) is 0 Å².